The minimum absolute atomic E-state index is 0.0425. The molecule has 1 unspecified atom stereocenters. The van der Waals surface area contributed by atoms with Gasteiger partial charge in [-0.15, -0.1) is 0 Å². The highest BCUT2D eigenvalue weighted by atomic mass is 31.2. The molecule has 2 heterocycles. The normalized spacial score (nSPS) is 26.2. The van der Waals surface area contributed by atoms with Crippen LogP contribution in [0.15, 0.2) is 52.6 Å². The minimum atomic E-state index is -4.67. The Hall–Kier alpha value is -4.55. The Kier molecular flexibility index (Phi) is 11.0. The predicted octanol–water partition coefficient (Wildman–Crippen LogP) is 3.25. The number of benzene rings is 1. The molecule has 2 aromatic rings. The zero-order valence-electron chi connectivity index (χ0n) is 28.3. The standard InChI is InChI=1S/C32H41N6O10P/c1-9-43-29(41)20(6)37-49(42,47-21-13-11-10-12-14-21)48-30-31(17-33)32(30,46-28(40)19(4)5)25(44-27(39)18(2)3)24(45-31)22-15-16-23(26(34)35-7)38(22)36-8/h10-16,18-20,24-25,30H,8-9H2,1-7H3,(H2,34,35)(H,37,42)/t20-,24-,25-,30?,31+,32+,49+/m0/s1. The van der Waals surface area contributed by atoms with E-state index >= 15 is 0 Å². The van der Waals surface area contributed by atoms with Crippen molar-refractivity contribution in [3.05, 3.63) is 53.9 Å². The molecule has 0 spiro atoms. The van der Waals surface area contributed by atoms with Crippen LogP contribution >= 0.6 is 7.75 Å². The van der Waals surface area contributed by atoms with E-state index in [0.717, 1.165) is 0 Å². The monoisotopic (exact) mass is 700 g/mol. The van der Waals surface area contributed by atoms with E-state index in [1.54, 1.807) is 65.0 Å². The number of amidine groups is 1. The van der Waals surface area contributed by atoms with Crippen LogP contribution < -0.4 is 15.3 Å². The zero-order valence-corrected chi connectivity index (χ0v) is 29.2. The maximum Gasteiger partial charge on any atom is 0.460 e. The number of rotatable bonds is 15. The summed E-state index contributed by atoms with van der Waals surface area (Å²) in [4.78, 5) is 43.2. The molecule has 49 heavy (non-hydrogen) atoms. The molecule has 1 saturated heterocycles. The molecular weight excluding hydrogens is 659 g/mol. The summed E-state index contributed by atoms with van der Waals surface area (Å²) in [5.74, 6) is -3.51. The first kappa shape index (κ1) is 37.3. The summed E-state index contributed by atoms with van der Waals surface area (Å²) in [6.45, 7) is 12.9. The van der Waals surface area contributed by atoms with Crippen LogP contribution in [0.3, 0.4) is 0 Å². The Bertz CT molecular complexity index is 1710. The van der Waals surface area contributed by atoms with Gasteiger partial charge in [0.25, 0.3) is 0 Å². The SMILES string of the molecule is C=Nn1c(/C(N)=N\C)ccc1[C@@H]1O[C@]2(C#N)C(O[P@@](=O)(N[C@@H](C)C(=O)OCC)Oc3ccccc3)[C@]2(OC(=O)C(C)C)[C@H]1OC(=O)C(C)C. The average molecular weight is 701 g/mol. The lowest BCUT2D eigenvalue weighted by atomic mass is 10.0. The number of hydrogen-bond acceptors (Lipinski definition) is 13. The third kappa shape index (κ3) is 6.84. The van der Waals surface area contributed by atoms with Gasteiger partial charge in [0.1, 0.15) is 35.5 Å². The number of nitrogens with one attached hydrogen (secondary N) is 1. The molecule has 2 fully saturated rings. The Labute approximate surface area is 284 Å². The fourth-order valence-electron chi connectivity index (χ4n) is 5.36. The minimum Gasteiger partial charge on any atom is -0.465 e. The van der Waals surface area contributed by atoms with Crippen LogP contribution in [0.5, 0.6) is 5.75 Å². The van der Waals surface area contributed by atoms with Crippen LogP contribution in [-0.4, -0.2) is 78.2 Å². The molecule has 1 aromatic carbocycles. The summed E-state index contributed by atoms with van der Waals surface area (Å²) in [7, 11) is -3.19. The lowest BCUT2D eigenvalue weighted by molar-refractivity contribution is -0.181. The molecule has 0 bridgehead atoms. The molecule has 3 N–H and O–H groups in total. The highest BCUT2D eigenvalue weighted by molar-refractivity contribution is 7.52. The molecule has 17 heteroatoms. The Morgan fingerprint density at radius 2 is 1.76 bits per heavy atom. The molecule has 4 rings (SSSR count). The van der Waals surface area contributed by atoms with Crippen LogP contribution in [0.2, 0.25) is 0 Å². The lowest BCUT2D eigenvalue weighted by Gasteiger charge is -2.31. The van der Waals surface area contributed by atoms with Crippen LogP contribution in [-0.2, 0) is 42.4 Å². The van der Waals surface area contributed by atoms with Crippen molar-refractivity contribution in [1.82, 2.24) is 9.76 Å². The molecule has 0 amide bonds. The van der Waals surface area contributed by atoms with Crippen molar-refractivity contribution in [2.24, 2.45) is 27.7 Å². The zero-order chi connectivity index (χ0) is 36.3. The van der Waals surface area contributed by atoms with Gasteiger partial charge >= 0.3 is 25.7 Å². The fraction of sp³-hybridized carbons (Fsp3) is 0.500. The van der Waals surface area contributed by atoms with Gasteiger partial charge in [-0.1, -0.05) is 45.9 Å². The van der Waals surface area contributed by atoms with Gasteiger partial charge in [-0.05, 0) is 38.1 Å². The second-order valence-corrected chi connectivity index (χ2v) is 13.6. The van der Waals surface area contributed by atoms with Gasteiger partial charge in [-0.25, -0.2) is 9.24 Å². The number of aromatic nitrogens is 1. The molecule has 1 aromatic heterocycles. The molecule has 16 nitrogen and oxygen atoms in total. The van der Waals surface area contributed by atoms with Gasteiger partial charge in [-0.3, -0.25) is 23.9 Å². The van der Waals surface area contributed by atoms with Gasteiger partial charge in [0, 0.05) is 13.8 Å². The van der Waals surface area contributed by atoms with Gasteiger partial charge in [0.2, 0.25) is 11.2 Å². The van der Waals surface area contributed by atoms with Gasteiger partial charge in [-0.2, -0.15) is 15.5 Å². The lowest BCUT2D eigenvalue weighted by Crippen LogP contribution is -2.45. The molecule has 7 atom stereocenters. The smallest absolute Gasteiger partial charge is 0.460 e. The van der Waals surface area contributed by atoms with Crippen LogP contribution in [0, 0.1) is 23.2 Å². The molecule has 0 radical (unpaired) electrons. The summed E-state index contributed by atoms with van der Waals surface area (Å²) < 4.78 is 51.2. The molecule has 1 aliphatic heterocycles. The Morgan fingerprint density at radius 3 is 2.31 bits per heavy atom. The number of nitriles is 1. The highest BCUT2D eigenvalue weighted by Crippen LogP contribution is 2.71. The predicted molar refractivity (Wildman–Crippen MR) is 175 cm³/mol. The van der Waals surface area contributed by atoms with Crippen LogP contribution in [0.4, 0.5) is 0 Å². The van der Waals surface area contributed by atoms with Gasteiger partial charge in [0.05, 0.1) is 24.1 Å². The maximum absolute atomic E-state index is 14.6. The van der Waals surface area contributed by atoms with E-state index in [4.69, 9.17) is 33.7 Å². The van der Waals surface area contributed by atoms with E-state index < -0.39 is 73.0 Å². The Morgan fingerprint density at radius 1 is 1.10 bits per heavy atom. The summed E-state index contributed by atoms with van der Waals surface area (Å²) >= 11 is 0. The van der Waals surface area contributed by atoms with E-state index in [1.165, 1.54) is 30.8 Å². The van der Waals surface area contributed by atoms with Crippen molar-refractivity contribution in [2.45, 2.75) is 77.1 Å². The first-order valence-electron chi connectivity index (χ1n) is 15.6. The van der Waals surface area contributed by atoms with E-state index in [0.29, 0.717) is 5.69 Å². The largest absolute Gasteiger partial charge is 0.465 e. The van der Waals surface area contributed by atoms with Crippen LogP contribution in [0.1, 0.15) is 59.0 Å². The number of nitrogens with zero attached hydrogens (tertiary/aromatic N) is 4. The quantitative estimate of drug-likeness (QED) is 0.0898. The number of para-hydroxylation sites is 1. The number of esters is 3. The number of hydrogen-bond donors (Lipinski definition) is 2. The number of carbonyl (C=O) groups is 3. The fourth-order valence-corrected chi connectivity index (χ4v) is 7.07. The third-order valence-corrected chi connectivity index (χ3v) is 9.56. The summed E-state index contributed by atoms with van der Waals surface area (Å²) in [6, 6.07) is 11.8. The molecule has 264 valence electrons. The first-order chi connectivity index (χ1) is 23.1. The topological polar surface area (TPSA) is 215 Å². The Balaban J connectivity index is 1.89. The van der Waals surface area contributed by atoms with E-state index in [9.17, 15) is 24.2 Å². The van der Waals surface area contributed by atoms with E-state index in [2.05, 4.69) is 21.9 Å². The summed E-state index contributed by atoms with van der Waals surface area (Å²) in [5.41, 5.74) is 2.21. The number of ether oxygens (including phenoxy) is 4. The summed E-state index contributed by atoms with van der Waals surface area (Å²) in [5, 5.41) is 17.3. The van der Waals surface area contributed by atoms with Gasteiger partial charge in [0.15, 0.2) is 12.2 Å². The second-order valence-electron chi connectivity index (χ2n) is 12.0. The number of nitrogens with two attached hydrogens (primary N) is 1. The average Bonchev–Trinajstić information content (AvgIpc) is 3.31. The maximum atomic E-state index is 14.6. The molecule has 1 saturated carbocycles. The molecule has 1 aliphatic carbocycles. The van der Waals surface area contributed by atoms with E-state index in [-0.39, 0.29) is 23.9 Å². The van der Waals surface area contributed by atoms with Crippen LogP contribution in [0.25, 0.3) is 0 Å². The molecular formula is C32H41N6O10P. The van der Waals surface area contributed by atoms with Crippen molar-refractivity contribution in [3.8, 4) is 11.8 Å². The van der Waals surface area contributed by atoms with E-state index in [1.807, 2.05) is 6.07 Å². The van der Waals surface area contributed by atoms with Gasteiger partial charge < -0.3 is 29.2 Å². The van der Waals surface area contributed by atoms with Crippen molar-refractivity contribution in [3.63, 3.8) is 0 Å². The first-order valence-corrected chi connectivity index (χ1v) is 17.1. The summed E-state index contributed by atoms with van der Waals surface area (Å²) in [6.07, 6.45) is -4.55. The second kappa shape index (κ2) is 14.5. The number of aliphatic imine (C=N–C) groups is 1. The third-order valence-electron chi connectivity index (χ3n) is 7.91. The highest BCUT2D eigenvalue weighted by Gasteiger charge is 2.95. The number of carbonyl (C=O) groups excluding carboxylic acids is 3. The molecule has 2 aliphatic rings. The van der Waals surface area contributed by atoms with Crippen molar-refractivity contribution in [2.75, 3.05) is 13.7 Å². The van der Waals surface area contributed by atoms with Crippen molar-refractivity contribution in [1.29, 1.82) is 5.26 Å². The van der Waals surface area contributed by atoms with Crippen molar-refractivity contribution < 1.29 is 46.9 Å². The van der Waals surface area contributed by atoms with Crippen molar-refractivity contribution >= 4 is 38.2 Å². The number of fused-ring (bicyclic) bond motifs is 1.